The van der Waals surface area contributed by atoms with Gasteiger partial charge in [0.05, 0.1) is 5.75 Å². The van der Waals surface area contributed by atoms with Crippen molar-refractivity contribution in [1.29, 1.82) is 0 Å². The summed E-state index contributed by atoms with van der Waals surface area (Å²) < 4.78 is 5.78. The Bertz CT molecular complexity index is 1200. The van der Waals surface area contributed by atoms with E-state index in [1.165, 1.54) is 11.8 Å². The molecule has 2 aromatic carbocycles. The Balaban J connectivity index is 1.29. The predicted molar refractivity (Wildman–Crippen MR) is 121 cm³/mol. The minimum absolute atomic E-state index is 0.130. The summed E-state index contributed by atoms with van der Waals surface area (Å²) in [4.78, 5) is 24.4. The highest BCUT2D eigenvalue weighted by atomic mass is 35.5. The van der Waals surface area contributed by atoms with Crippen LogP contribution in [0.25, 0.3) is 11.3 Å². The fraction of sp³-hybridized carbons (Fsp3) is 0.0500. The van der Waals surface area contributed by atoms with Gasteiger partial charge in [0.1, 0.15) is 0 Å². The van der Waals surface area contributed by atoms with Crippen molar-refractivity contribution in [2.45, 2.75) is 4.34 Å². The lowest BCUT2D eigenvalue weighted by atomic mass is 10.1. The van der Waals surface area contributed by atoms with Crippen molar-refractivity contribution in [3.8, 4) is 11.3 Å². The highest BCUT2D eigenvalue weighted by molar-refractivity contribution is 8.01. The van der Waals surface area contributed by atoms with Crippen LogP contribution in [0.5, 0.6) is 0 Å². The molecule has 0 bridgehead atoms. The lowest BCUT2D eigenvalue weighted by Crippen LogP contribution is -2.13. The molecule has 31 heavy (non-hydrogen) atoms. The number of hydrogen-bond donors (Lipinski definition) is 2. The van der Waals surface area contributed by atoms with E-state index in [1.807, 2.05) is 30.3 Å². The van der Waals surface area contributed by atoms with Crippen LogP contribution in [0.2, 0.25) is 5.02 Å². The van der Waals surface area contributed by atoms with E-state index in [-0.39, 0.29) is 17.4 Å². The smallest absolute Gasteiger partial charge is 0.279 e. The third-order valence-corrected chi connectivity index (χ3v) is 6.11. The van der Waals surface area contributed by atoms with Crippen LogP contribution in [-0.4, -0.2) is 32.9 Å². The van der Waals surface area contributed by atoms with Gasteiger partial charge < -0.3 is 9.84 Å². The number of amides is 2. The van der Waals surface area contributed by atoms with Crippen molar-refractivity contribution in [3.05, 3.63) is 71.4 Å². The summed E-state index contributed by atoms with van der Waals surface area (Å²) in [7, 11) is 0. The van der Waals surface area contributed by atoms with Crippen molar-refractivity contribution in [1.82, 2.24) is 15.4 Å². The summed E-state index contributed by atoms with van der Waals surface area (Å²) in [6, 6.07) is 17.7. The van der Waals surface area contributed by atoms with Crippen LogP contribution in [0.3, 0.4) is 0 Å². The molecule has 4 aromatic rings. The number of halogens is 1. The first kappa shape index (κ1) is 21.0. The second-order valence-electron chi connectivity index (χ2n) is 6.11. The van der Waals surface area contributed by atoms with Gasteiger partial charge in [0, 0.05) is 22.3 Å². The van der Waals surface area contributed by atoms with Gasteiger partial charge in [-0.3, -0.25) is 14.9 Å². The highest BCUT2D eigenvalue weighted by Crippen LogP contribution is 2.26. The maximum absolute atomic E-state index is 12.4. The molecule has 0 saturated heterocycles. The predicted octanol–water partition coefficient (Wildman–Crippen LogP) is 4.83. The number of nitrogens with zero attached hydrogens (tertiary/aromatic N) is 3. The molecule has 2 N–H and O–H groups in total. The molecule has 0 aliphatic heterocycles. The van der Waals surface area contributed by atoms with Crippen LogP contribution < -0.4 is 10.6 Å². The van der Waals surface area contributed by atoms with Crippen LogP contribution in [0, 0.1) is 0 Å². The molecule has 0 aliphatic carbocycles. The van der Waals surface area contributed by atoms with E-state index < -0.39 is 5.91 Å². The molecule has 0 spiro atoms. The van der Waals surface area contributed by atoms with E-state index in [0.29, 0.717) is 25.9 Å². The lowest BCUT2D eigenvalue weighted by Gasteiger charge is -2.03. The van der Waals surface area contributed by atoms with E-state index >= 15 is 0 Å². The molecule has 0 unspecified atom stereocenters. The third-order valence-electron chi connectivity index (χ3n) is 3.88. The van der Waals surface area contributed by atoms with Crippen molar-refractivity contribution in [3.63, 3.8) is 0 Å². The standard InChI is InChI=1S/C20H14ClN5O3S2/c21-13-6-8-14(9-7-13)22-17(27)11-30-20-25-24-19(31-20)23-18(28)15-10-16(29-26-15)12-4-2-1-3-5-12/h1-10H,11H2,(H,22,27)(H,23,24,28). The van der Waals surface area contributed by atoms with Crippen LogP contribution in [-0.2, 0) is 4.79 Å². The minimum atomic E-state index is -0.459. The Kier molecular flexibility index (Phi) is 6.60. The Morgan fingerprint density at radius 1 is 1.03 bits per heavy atom. The Morgan fingerprint density at radius 3 is 2.58 bits per heavy atom. The molecule has 0 radical (unpaired) electrons. The summed E-state index contributed by atoms with van der Waals surface area (Å²) in [6.45, 7) is 0. The average Bonchev–Trinajstić information content (AvgIpc) is 3.44. The molecular formula is C20H14ClN5O3S2. The molecule has 0 atom stereocenters. The zero-order valence-corrected chi connectivity index (χ0v) is 18.1. The largest absolute Gasteiger partial charge is 0.355 e. The molecule has 8 nitrogen and oxygen atoms in total. The summed E-state index contributed by atoms with van der Waals surface area (Å²) >= 11 is 8.21. The first-order chi connectivity index (χ1) is 15.1. The average molecular weight is 472 g/mol. The molecule has 0 saturated carbocycles. The number of anilines is 2. The van der Waals surface area contributed by atoms with Crippen molar-refractivity contribution >= 4 is 57.3 Å². The summed E-state index contributed by atoms with van der Waals surface area (Å²) in [6.07, 6.45) is 0. The number of rotatable bonds is 7. The van der Waals surface area contributed by atoms with E-state index in [0.717, 1.165) is 16.9 Å². The Hall–Kier alpha value is -3.21. The fourth-order valence-corrected chi connectivity index (χ4v) is 4.13. The lowest BCUT2D eigenvalue weighted by molar-refractivity contribution is -0.113. The molecule has 156 valence electrons. The topological polar surface area (TPSA) is 110 Å². The number of nitrogens with one attached hydrogen (secondary N) is 2. The fourth-order valence-electron chi connectivity index (χ4n) is 2.46. The molecule has 2 aromatic heterocycles. The molecule has 2 heterocycles. The van der Waals surface area contributed by atoms with Crippen LogP contribution in [0.4, 0.5) is 10.8 Å². The number of benzene rings is 2. The maximum atomic E-state index is 12.4. The molecule has 0 fully saturated rings. The number of thioether (sulfide) groups is 1. The van der Waals surface area contributed by atoms with Gasteiger partial charge in [-0.05, 0) is 24.3 Å². The summed E-state index contributed by atoms with van der Waals surface area (Å²) in [5.41, 5.74) is 1.61. The molecule has 2 amide bonds. The van der Waals surface area contributed by atoms with Gasteiger partial charge >= 0.3 is 0 Å². The summed E-state index contributed by atoms with van der Waals surface area (Å²) in [5, 5.41) is 18.0. The Labute approximate surface area is 190 Å². The van der Waals surface area contributed by atoms with Crippen molar-refractivity contribution < 1.29 is 14.1 Å². The monoisotopic (exact) mass is 471 g/mol. The van der Waals surface area contributed by atoms with Crippen molar-refractivity contribution in [2.75, 3.05) is 16.4 Å². The van der Waals surface area contributed by atoms with E-state index in [1.54, 1.807) is 30.3 Å². The highest BCUT2D eigenvalue weighted by Gasteiger charge is 2.16. The van der Waals surface area contributed by atoms with Crippen LogP contribution in [0.15, 0.2) is 69.5 Å². The molecule has 4 rings (SSSR count). The normalized spacial score (nSPS) is 10.6. The van der Waals surface area contributed by atoms with E-state index in [4.69, 9.17) is 16.1 Å². The first-order valence-corrected chi connectivity index (χ1v) is 11.1. The quantitative estimate of drug-likeness (QED) is 0.293. The number of carbonyl (C=O) groups excluding carboxylic acids is 2. The zero-order chi connectivity index (χ0) is 21.6. The van der Waals surface area contributed by atoms with Gasteiger partial charge in [-0.15, -0.1) is 10.2 Å². The first-order valence-electron chi connectivity index (χ1n) is 8.92. The number of carbonyl (C=O) groups is 2. The van der Waals surface area contributed by atoms with Gasteiger partial charge in [-0.1, -0.05) is 70.2 Å². The second-order valence-corrected chi connectivity index (χ2v) is 8.75. The summed E-state index contributed by atoms with van der Waals surface area (Å²) in [5.74, 6) is -0.0104. The maximum Gasteiger partial charge on any atom is 0.279 e. The number of hydrogen-bond acceptors (Lipinski definition) is 8. The van der Waals surface area contributed by atoms with Gasteiger partial charge in [0.15, 0.2) is 15.8 Å². The zero-order valence-electron chi connectivity index (χ0n) is 15.7. The van der Waals surface area contributed by atoms with Crippen LogP contribution >= 0.6 is 34.7 Å². The van der Waals surface area contributed by atoms with Gasteiger partial charge in [0.2, 0.25) is 11.0 Å². The second kappa shape index (κ2) is 9.73. The van der Waals surface area contributed by atoms with Gasteiger partial charge in [-0.2, -0.15) is 0 Å². The number of aromatic nitrogens is 3. The molecule has 11 heteroatoms. The third kappa shape index (κ3) is 5.69. The SMILES string of the molecule is O=C(CSc1nnc(NC(=O)c2cc(-c3ccccc3)on2)s1)Nc1ccc(Cl)cc1. The van der Waals surface area contributed by atoms with Crippen molar-refractivity contribution in [2.24, 2.45) is 0 Å². The van der Waals surface area contributed by atoms with E-state index in [9.17, 15) is 9.59 Å². The van der Waals surface area contributed by atoms with Gasteiger partial charge in [0.25, 0.3) is 5.91 Å². The Morgan fingerprint density at radius 2 is 1.81 bits per heavy atom. The van der Waals surface area contributed by atoms with Gasteiger partial charge in [-0.25, -0.2) is 0 Å². The minimum Gasteiger partial charge on any atom is -0.355 e. The molecular weight excluding hydrogens is 458 g/mol. The van der Waals surface area contributed by atoms with E-state index in [2.05, 4.69) is 26.0 Å². The molecule has 0 aliphatic rings. The van der Waals surface area contributed by atoms with Crippen LogP contribution in [0.1, 0.15) is 10.5 Å².